The molecule has 7 rings (SSSR count). The summed E-state index contributed by atoms with van der Waals surface area (Å²) in [6, 6.07) is 50.9. The number of hydrogen-bond donors (Lipinski definition) is 0. The predicted octanol–water partition coefficient (Wildman–Crippen LogP) is 9.67. The molecule has 0 bridgehead atoms. The smallest absolute Gasteiger partial charge is 0.184 e. The Kier molecular flexibility index (Phi) is 10.2. The maximum absolute atomic E-state index is 5.85. The summed E-state index contributed by atoms with van der Waals surface area (Å²) in [5.74, 6) is 1.51. The molecule has 0 saturated heterocycles. The molecule has 2 aromatic heterocycles. The SMILES string of the molecule is CCCCN(Cc1ccc(-c2ccccc2-c2nnnn2C(c2ccccc2)(c2ccccc2)c2ccccc2)cc1)c1cc(C)nc(C)c1OC. The standard InChI is InChI=1S/C45H44N6O/c1-5-6-30-50(42-31-33(2)46-34(3)43(42)52-4)32-35-26-28-36(29-27-35)40-24-16-17-25-41(40)44-47-48-49-51(44)45(37-18-10-7-11-19-37,38-20-12-8-13-21-38)39-22-14-9-15-23-39/h7-29,31H,5-6,30,32H2,1-4H3. The summed E-state index contributed by atoms with van der Waals surface area (Å²) < 4.78 is 7.85. The molecule has 0 atom stereocenters. The molecular weight excluding hydrogens is 641 g/mol. The first-order chi connectivity index (χ1) is 25.5. The van der Waals surface area contributed by atoms with Gasteiger partial charge in [0.25, 0.3) is 0 Å². The lowest BCUT2D eigenvalue weighted by atomic mass is 9.77. The number of rotatable bonds is 13. The van der Waals surface area contributed by atoms with Crippen LogP contribution in [0, 0.1) is 13.8 Å². The Labute approximate surface area is 306 Å². The third kappa shape index (κ3) is 6.58. The van der Waals surface area contributed by atoms with E-state index in [0.717, 1.165) is 82.1 Å². The predicted molar refractivity (Wildman–Crippen MR) is 210 cm³/mol. The third-order valence-corrected chi connectivity index (χ3v) is 9.75. The van der Waals surface area contributed by atoms with E-state index in [4.69, 9.17) is 15.0 Å². The number of hydrogen-bond acceptors (Lipinski definition) is 6. The lowest BCUT2D eigenvalue weighted by molar-refractivity contribution is 0.408. The Morgan fingerprint density at radius 1 is 0.692 bits per heavy atom. The molecule has 0 N–H and O–H groups in total. The summed E-state index contributed by atoms with van der Waals surface area (Å²) in [4.78, 5) is 7.07. The molecular formula is C45H44N6O. The molecule has 0 aliphatic rings. The molecule has 0 saturated carbocycles. The minimum Gasteiger partial charge on any atom is -0.493 e. The fourth-order valence-corrected chi connectivity index (χ4v) is 7.34. The van der Waals surface area contributed by atoms with E-state index in [-0.39, 0.29) is 0 Å². The van der Waals surface area contributed by atoms with Gasteiger partial charge in [-0.2, -0.15) is 0 Å². The average Bonchev–Trinajstić information content (AvgIpc) is 3.68. The average molecular weight is 685 g/mol. The van der Waals surface area contributed by atoms with E-state index >= 15 is 0 Å². The molecule has 5 aromatic carbocycles. The first kappa shape index (κ1) is 34.4. The second kappa shape index (κ2) is 15.4. The van der Waals surface area contributed by atoms with Crippen molar-refractivity contribution in [2.24, 2.45) is 0 Å². The number of aromatic nitrogens is 5. The van der Waals surface area contributed by atoms with Crippen molar-refractivity contribution >= 4 is 5.69 Å². The van der Waals surface area contributed by atoms with Gasteiger partial charge in [-0.1, -0.05) is 153 Å². The minimum atomic E-state index is -0.841. The van der Waals surface area contributed by atoms with Crippen molar-refractivity contribution in [3.05, 3.63) is 179 Å². The Morgan fingerprint density at radius 3 is 1.81 bits per heavy atom. The van der Waals surface area contributed by atoms with Gasteiger partial charge in [-0.05, 0) is 70.1 Å². The molecule has 2 heterocycles. The van der Waals surface area contributed by atoms with Crippen LogP contribution < -0.4 is 9.64 Å². The Hall–Kier alpha value is -6.08. The van der Waals surface area contributed by atoms with Crippen LogP contribution in [-0.2, 0) is 12.1 Å². The van der Waals surface area contributed by atoms with Gasteiger partial charge in [-0.3, -0.25) is 4.98 Å². The molecule has 7 nitrogen and oxygen atoms in total. The van der Waals surface area contributed by atoms with Gasteiger partial charge < -0.3 is 9.64 Å². The van der Waals surface area contributed by atoms with E-state index in [9.17, 15) is 0 Å². The zero-order valence-corrected chi connectivity index (χ0v) is 30.3. The highest BCUT2D eigenvalue weighted by Crippen LogP contribution is 2.43. The highest BCUT2D eigenvalue weighted by Gasteiger charge is 2.42. The van der Waals surface area contributed by atoms with Gasteiger partial charge in [0.2, 0.25) is 0 Å². The van der Waals surface area contributed by atoms with Crippen LogP contribution in [0.3, 0.4) is 0 Å². The summed E-state index contributed by atoms with van der Waals surface area (Å²) in [6.07, 6.45) is 2.19. The zero-order valence-electron chi connectivity index (χ0n) is 30.3. The molecule has 0 amide bonds. The molecule has 0 unspecified atom stereocenters. The normalized spacial score (nSPS) is 11.4. The highest BCUT2D eigenvalue weighted by molar-refractivity contribution is 5.81. The summed E-state index contributed by atoms with van der Waals surface area (Å²) >= 11 is 0. The van der Waals surface area contributed by atoms with Crippen LogP contribution >= 0.6 is 0 Å². The lowest BCUT2D eigenvalue weighted by Crippen LogP contribution is -2.39. The molecule has 0 aliphatic heterocycles. The zero-order chi connectivity index (χ0) is 35.9. The van der Waals surface area contributed by atoms with E-state index in [1.807, 2.05) is 36.7 Å². The molecule has 260 valence electrons. The molecule has 0 fully saturated rings. The molecule has 7 aromatic rings. The number of anilines is 1. The summed E-state index contributed by atoms with van der Waals surface area (Å²) in [7, 11) is 1.73. The number of ether oxygens (including phenoxy) is 1. The monoisotopic (exact) mass is 684 g/mol. The van der Waals surface area contributed by atoms with Gasteiger partial charge in [-0.25, -0.2) is 4.68 Å². The lowest BCUT2D eigenvalue weighted by Gasteiger charge is -2.36. The number of aryl methyl sites for hydroxylation is 2. The number of methoxy groups -OCH3 is 1. The Morgan fingerprint density at radius 2 is 1.25 bits per heavy atom. The fourth-order valence-electron chi connectivity index (χ4n) is 7.34. The topological polar surface area (TPSA) is 69.0 Å². The van der Waals surface area contributed by atoms with Crippen molar-refractivity contribution in [3.63, 3.8) is 0 Å². The first-order valence-electron chi connectivity index (χ1n) is 18.0. The molecule has 52 heavy (non-hydrogen) atoms. The van der Waals surface area contributed by atoms with Crippen LogP contribution in [-0.4, -0.2) is 38.8 Å². The van der Waals surface area contributed by atoms with E-state index < -0.39 is 5.54 Å². The number of benzene rings is 5. The number of unbranched alkanes of at least 4 members (excludes halogenated alkanes) is 1. The Balaban J connectivity index is 1.31. The summed E-state index contributed by atoms with van der Waals surface area (Å²) in [5.41, 5.74) is 9.63. The minimum absolute atomic E-state index is 0.678. The van der Waals surface area contributed by atoms with Crippen LogP contribution in [0.5, 0.6) is 5.75 Å². The van der Waals surface area contributed by atoms with Gasteiger partial charge in [0.15, 0.2) is 11.6 Å². The summed E-state index contributed by atoms with van der Waals surface area (Å²) in [6.45, 7) is 7.96. The van der Waals surface area contributed by atoms with Crippen molar-refractivity contribution in [1.29, 1.82) is 0 Å². The molecule has 0 spiro atoms. The van der Waals surface area contributed by atoms with Crippen molar-refractivity contribution in [1.82, 2.24) is 25.2 Å². The molecule has 7 heteroatoms. The van der Waals surface area contributed by atoms with Gasteiger partial charge >= 0.3 is 0 Å². The van der Waals surface area contributed by atoms with E-state index in [1.54, 1.807) is 7.11 Å². The number of tetrazole rings is 1. The highest BCUT2D eigenvalue weighted by atomic mass is 16.5. The Bertz CT molecular complexity index is 2120. The van der Waals surface area contributed by atoms with Crippen LogP contribution in [0.25, 0.3) is 22.5 Å². The number of pyridine rings is 1. The largest absolute Gasteiger partial charge is 0.493 e. The molecule has 0 radical (unpaired) electrons. The quantitative estimate of drug-likeness (QED) is 0.113. The van der Waals surface area contributed by atoms with Crippen molar-refractivity contribution < 1.29 is 4.74 Å². The molecule has 0 aliphatic carbocycles. The second-order valence-corrected chi connectivity index (χ2v) is 13.1. The van der Waals surface area contributed by atoms with Crippen LogP contribution in [0.1, 0.15) is 53.4 Å². The first-order valence-corrected chi connectivity index (χ1v) is 18.0. The maximum atomic E-state index is 5.85. The fraction of sp³-hybridized carbons (Fsp3) is 0.200. The van der Waals surface area contributed by atoms with Crippen molar-refractivity contribution in [2.45, 2.75) is 45.7 Å². The van der Waals surface area contributed by atoms with Gasteiger partial charge in [0.1, 0.15) is 5.54 Å². The van der Waals surface area contributed by atoms with Crippen molar-refractivity contribution in [3.8, 4) is 28.3 Å². The van der Waals surface area contributed by atoms with Crippen LogP contribution in [0.4, 0.5) is 5.69 Å². The second-order valence-electron chi connectivity index (χ2n) is 13.1. The van der Waals surface area contributed by atoms with Crippen LogP contribution in [0.15, 0.2) is 146 Å². The van der Waals surface area contributed by atoms with Gasteiger partial charge in [-0.15, -0.1) is 5.10 Å². The van der Waals surface area contributed by atoms with Crippen LogP contribution in [0.2, 0.25) is 0 Å². The third-order valence-electron chi connectivity index (χ3n) is 9.75. The van der Waals surface area contributed by atoms with Gasteiger partial charge in [0.05, 0.1) is 18.5 Å². The van der Waals surface area contributed by atoms with Crippen molar-refractivity contribution in [2.75, 3.05) is 18.6 Å². The number of nitrogens with zero attached hydrogens (tertiary/aromatic N) is 6. The summed E-state index contributed by atoms with van der Waals surface area (Å²) in [5, 5.41) is 13.9. The maximum Gasteiger partial charge on any atom is 0.184 e. The van der Waals surface area contributed by atoms with E-state index in [2.05, 4.69) is 149 Å². The van der Waals surface area contributed by atoms with E-state index in [0.29, 0.717) is 5.82 Å². The van der Waals surface area contributed by atoms with E-state index in [1.165, 1.54) is 5.56 Å². The van der Waals surface area contributed by atoms with Gasteiger partial charge in [0, 0.05) is 24.3 Å².